The topological polar surface area (TPSA) is 84.8 Å². The van der Waals surface area contributed by atoms with Crippen LogP contribution in [0.2, 0.25) is 0 Å². The van der Waals surface area contributed by atoms with Gasteiger partial charge in [-0.2, -0.15) is 9.97 Å². The summed E-state index contributed by atoms with van der Waals surface area (Å²) in [5.41, 5.74) is 0. The Morgan fingerprint density at radius 2 is 1.79 bits per heavy atom. The molecular formula is C12H17N3O4. The fourth-order valence-electron chi connectivity index (χ4n) is 2.07. The van der Waals surface area contributed by atoms with Crippen LogP contribution in [0.4, 0.5) is 5.95 Å². The maximum absolute atomic E-state index is 10.9. The molecule has 0 saturated carbocycles. The number of nitrogens with zero attached hydrogens (tertiary/aromatic N) is 3. The minimum Gasteiger partial charge on any atom is -0.481 e. The van der Waals surface area contributed by atoms with Gasteiger partial charge in [0.2, 0.25) is 17.7 Å². The quantitative estimate of drug-likeness (QED) is 0.863. The molecule has 0 spiro atoms. The fourth-order valence-corrected chi connectivity index (χ4v) is 2.07. The highest BCUT2D eigenvalue weighted by Crippen LogP contribution is 2.24. The third-order valence-electron chi connectivity index (χ3n) is 3.21. The number of hydrogen-bond acceptors (Lipinski definition) is 6. The van der Waals surface area contributed by atoms with Crippen LogP contribution in [0.5, 0.6) is 11.8 Å². The van der Waals surface area contributed by atoms with Gasteiger partial charge in [-0.05, 0) is 12.8 Å². The molecule has 0 aromatic carbocycles. The molecule has 0 radical (unpaired) electrons. The van der Waals surface area contributed by atoms with Crippen LogP contribution in [0.3, 0.4) is 0 Å². The lowest BCUT2D eigenvalue weighted by molar-refractivity contribution is -0.142. The second-order valence-corrected chi connectivity index (χ2v) is 4.35. The summed E-state index contributed by atoms with van der Waals surface area (Å²) < 4.78 is 10.2. The molecule has 1 fully saturated rings. The summed E-state index contributed by atoms with van der Waals surface area (Å²) in [7, 11) is 3.06. The molecule has 7 heteroatoms. The summed E-state index contributed by atoms with van der Waals surface area (Å²) in [5.74, 6) is 0.372. The average Bonchev–Trinajstić information content (AvgIpc) is 2.46. The Kier molecular flexibility index (Phi) is 4.03. The van der Waals surface area contributed by atoms with Gasteiger partial charge in [-0.15, -0.1) is 0 Å². The number of carbonyl (C=O) groups is 1. The number of rotatable bonds is 4. The van der Waals surface area contributed by atoms with Crippen molar-refractivity contribution in [3.63, 3.8) is 0 Å². The van der Waals surface area contributed by atoms with Crippen molar-refractivity contribution in [1.29, 1.82) is 0 Å². The molecule has 2 heterocycles. The zero-order chi connectivity index (χ0) is 13.8. The molecule has 1 aromatic rings. The second-order valence-electron chi connectivity index (χ2n) is 4.35. The predicted molar refractivity (Wildman–Crippen MR) is 67.7 cm³/mol. The van der Waals surface area contributed by atoms with Crippen molar-refractivity contribution < 1.29 is 19.4 Å². The number of hydrogen-bond donors (Lipinski definition) is 1. The molecule has 1 aliphatic rings. The van der Waals surface area contributed by atoms with E-state index in [4.69, 9.17) is 14.6 Å². The molecule has 0 bridgehead atoms. The van der Waals surface area contributed by atoms with E-state index in [0.29, 0.717) is 43.6 Å². The SMILES string of the molecule is COc1cc(OC)nc(N2CCC(C(=O)O)CC2)n1. The standard InChI is InChI=1S/C12H17N3O4/c1-18-9-7-10(19-2)14-12(13-9)15-5-3-8(4-6-15)11(16)17/h7-8H,3-6H2,1-2H3,(H,16,17). The minimum absolute atomic E-state index is 0.274. The first-order valence-corrected chi connectivity index (χ1v) is 6.09. The van der Waals surface area contributed by atoms with E-state index in [1.54, 1.807) is 6.07 Å². The summed E-state index contributed by atoms with van der Waals surface area (Å²) in [4.78, 5) is 21.4. The van der Waals surface area contributed by atoms with Crippen molar-refractivity contribution in [2.24, 2.45) is 5.92 Å². The van der Waals surface area contributed by atoms with E-state index in [1.165, 1.54) is 14.2 Å². The molecular weight excluding hydrogens is 250 g/mol. The average molecular weight is 267 g/mol. The normalized spacial score (nSPS) is 16.2. The Labute approximate surface area is 111 Å². The Bertz CT molecular complexity index is 436. The lowest BCUT2D eigenvalue weighted by Crippen LogP contribution is -2.37. The maximum atomic E-state index is 10.9. The smallest absolute Gasteiger partial charge is 0.306 e. The van der Waals surface area contributed by atoms with Crippen LogP contribution in [-0.4, -0.2) is 48.4 Å². The summed E-state index contributed by atoms with van der Waals surface area (Å²) in [5, 5.41) is 8.97. The third kappa shape index (κ3) is 3.04. The molecule has 19 heavy (non-hydrogen) atoms. The van der Waals surface area contributed by atoms with Crippen LogP contribution in [0.25, 0.3) is 0 Å². The van der Waals surface area contributed by atoms with E-state index in [-0.39, 0.29) is 5.92 Å². The van der Waals surface area contributed by atoms with Gasteiger partial charge in [0.05, 0.1) is 26.2 Å². The molecule has 1 saturated heterocycles. The van der Waals surface area contributed by atoms with Gasteiger partial charge in [-0.25, -0.2) is 0 Å². The summed E-state index contributed by atoms with van der Waals surface area (Å²) in [6, 6.07) is 1.60. The first-order chi connectivity index (χ1) is 9.13. The first-order valence-electron chi connectivity index (χ1n) is 6.09. The van der Waals surface area contributed by atoms with Gasteiger partial charge in [-0.3, -0.25) is 4.79 Å². The zero-order valence-electron chi connectivity index (χ0n) is 11.0. The van der Waals surface area contributed by atoms with E-state index in [1.807, 2.05) is 4.90 Å². The van der Waals surface area contributed by atoms with E-state index < -0.39 is 5.97 Å². The number of carboxylic acids is 1. The van der Waals surface area contributed by atoms with E-state index in [0.717, 1.165) is 0 Å². The Balaban J connectivity index is 2.12. The number of aromatic nitrogens is 2. The molecule has 7 nitrogen and oxygen atoms in total. The summed E-state index contributed by atoms with van der Waals surface area (Å²) >= 11 is 0. The van der Waals surface area contributed by atoms with Gasteiger partial charge in [0, 0.05) is 13.1 Å². The molecule has 0 aliphatic carbocycles. The molecule has 1 aromatic heterocycles. The lowest BCUT2D eigenvalue weighted by atomic mass is 9.97. The number of piperidine rings is 1. The van der Waals surface area contributed by atoms with E-state index in [9.17, 15) is 4.79 Å². The molecule has 2 rings (SSSR count). The van der Waals surface area contributed by atoms with Gasteiger partial charge in [-0.1, -0.05) is 0 Å². The van der Waals surface area contributed by atoms with Crippen molar-refractivity contribution in [3.05, 3.63) is 6.07 Å². The Hall–Kier alpha value is -2.05. The molecule has 1 N–H and O–H groups in total. The fraction of sp³-hybridized carbons (Fsp3) is 0.583. The van der Waals surface area contributed by atoms with Crippen LogP contribution in [0.15, 0.2) is 6.07 Å². The number of methoxy groups -OCH3 is 2. The predicted octanol–water partition coefficient (Wildman–Crippen LogP) is 0.795. The monoisotopic (exact) mass is 267 g/mol. The van der Waals surface area contributed by atoms with Crippen molar-refractivity contribution in [2.75, 3.05) is 32.2 Å². The van der Waals surface area contributed by atoms with Crippen LogP contribution >= 0.6 is 0 Å². The Morgan fingerprint density at radius 1 is 1.26 bits per heavy atom. The van der Waals surface area contributed by atoms with E-state index in [2.05, 4.69) is 9.97 Å². The highest BCUT2D eigenvalue weighted by molar-refractivity contribution is 5.70. The van der Waals surface area contributed by atoms with Crippen molar-refractivity contribution >= 4 is 11.9 Å². The van der Waals surface area contributed by atoms with Crippen LogP contribution < -0.4 is 14.4 Å². The third-order valence-corrected chi connectivity index (χ3v) is 3.21. The van der Waals surface area contributed by atoms with Crippen LogP contribution in [0.1, 0.15) is 12.8 Å². The van der Waals surface area contributed by atoms with E-state index >= 15 is 0 Å². The van der Waals surface area contributed by atoms with Gasteiger partial charge in [0.25, 0.3) is 0 Å². The molecule has 0 atom stereocenters. The Morgan fingerprint density at radius 3 is 2.21 bits per heavy atom. The van der Waals surface area contributed by atoms with Gasteiger partial charge >= 0.3 is 5.97 Å². The maximum Gasteiger partial charge on any atom is 0.306 e. The molecule has 104 valence electrons. The van der Waals surface area contributed by atoms with Crippen LogP contribution in [0, 0.1) is 5.92 Å². The second kappa shape index (κ2) is 5.73. The van der Waals surface area contributed by atoms with Crippen molar-refractivity contribution in [2.45, 2.75) is 12.8 Å². The van der Waals surface area contributed by atoms with Gasteiger partial charge in [0.15, 0.2) is 0 Å². The van der Waals surface area contributed by atoms with Crippen molar-refractivity contribution in [3.8, 4) is 11.8 Å². The molecule has 1 aliphatic heterocycles. The summed E-state index contributed by atoms with van der Waals surface area (Å²) in [6.45, 7) is 1.24. The highest BCUT2D eigenvalue weighted by Gasteiger charge is 2.26. The van der Waals surface area contributed by atoms with Crippen LogP contribution in [-0.2, 0) is 4.79 Å². The number of ether oxygens (including phenoxy) is 2. The number of anilines is 1. The highest BCUT2D eigenvalue weighted by atomic mass is 16.5. The molecule has 0 amide bonds. The molecule has 0 unspecified atom stereocenters. The number of aliphatic carboxylic acids is 1. The number of carboxylic acid groups (broad SMARTS) is 1. The lowest BCUT2D eigenvalue weighted by Gasteiger charge is -2.30. The minimum atomic E-state index is -0.733. The first kappa shape index (κ1) is 13.4. The summed E-state index contributed by atoms with van der Waals surface area (Å²) in [6.07, 6.45) is 1.19. The zero-order valence-corrected chi connectivity index (χ0v) is 11.0. The van der Waals surface area contributed by atoms with Gasteiger partial charge in [0.1, 0.15) is 0 Å². The largest absolute Gasteiger partial charge is 0.481 e. The van der Waals surface area contributed by atoms with Gasteiger partial charge < -0.3 is 19.5 Å². The van der Waals surface area contributed by atoms with Crippen molar-refractivity contribution in [1.82, 2.24) is 9.97 Å².